The lowest BCUT2D eigenvalue weighted by Gasteiger charge is -2.42. The highest BCUT2D eigenvalue weighted by atomic mass is 15.0. The van der Waals surface area contributed by atoms with E-state index >= 15 is 0 Å². The second-order valence-corrected chi connectivity index (χ2v) is 5.22. The Morgan fingerprint density at radius 3 is 2.33 bits per heavy atom. The van der Waals surface area contributed by atoms with E-state index in [0.29, 0.717) is 5.41 Å². The fourth-order valence-electron chi connectivity index (χ4n) is 1.79. The Hall–Kier alpha value is -0.0400. The van der Waals surface area contributed by atoms with Crippen LogP contribution in [0.1, 0.15) is 47.0 Å². The average molecular weight is 169 g/mol. The highest BCUT2D eigenvalue weighted by Gasteiger charge is 2.32. The van der Waals surface area contributed by atoms with Crippen LogP contribution in [0.15, 0.2) is 0 Å². The van der Waals surface area contributed by atoms with E-state index in [4.69, 9.17) is 0 Å². The predicted octanol–water partition coefficient (Wildman–Crippen LogP) is 2.81. The molecule has 0 spiro atoms. The molecule has 0 aliphatic carbocycles. The molecule has 0 aromatic carbocycles. The Morgan fingerprint density at radius 2 is 2.00 bits per heavy atom. The maximum atomic E-state index is 3.51. The summed E-state index contributed by atoms with van der Waals surface area (Å²) in [6.45, 7) is 10.6. The first-order chi connectivity index (χ1) is 5.52. The van der Waals surface area contributed by atoms with Crippen LogP contribution >= 0.6 is 0 Å². The fraction of sp³-hybridized carbons (Fsp3) is 1.00. The fourth-order valence-corrected chi connectivity index (χ4v) is 1.79. The Balaban J connectivity index is 2.26. The summed E-state index contributed by atoms with van der Waals surface area (Å²) in [7, 11) is 0. The quantitative estimate of drug-likeness (QED) is 0.682. The smallest absolute Gasteiger partial charge is 0.0130 e. The zero-order chi connectivity index (χ0) is 9.19. The van der Waals surface area contributed by atoms with Gasteiger partial charge in [-0.15, -0.1) is 0 Å². The molecular weight excluding hydrogens is 146 g/mol. The van der Waals surface area contributed by atoms with Crippen LogP contribution in [0.4, 0.5) is 0 Å². The number of nitrogens with one attached hydrogen (secondary N) is 1. The van der Waals surface area contributed by atoms with E-state index in [1.165, 1.54) is 25.8 Å². The van der Waals surface area contributed by atoms with E-state index in [0.717, 1.165) is 12.0 Å². The predicted molar refractivity (Wildman–Crippen MR) is 54.3 cm³/mol. The van der Waals surface area contributed by atoms with Crippen LogP contribution in [0.25, 0.3) is 0 Å². The maximum Gasteiger partial charge on any atom is 0.0130 e. The normalized spacial score (nSPS) is 24.2. The van der Waals surface area contributed by atoms with Crippen molar-refractivity contribution in [1.82, 2.24) is 5.32 Å². The molecule has 0 amide bonds. The molecule has 1 atom stereocenters. The molecule has 1 aliphatic heterocycles. The zero-order valence-corrected chi connectivity index (χ0v) is 8.98. The maximum absolute atomic E-state index is 3.51. The van der Waals surface area contributed by atoms with E-state index in [2.05, 4.69) is 33.0 Å². The number of hydrogen-bond donors (Lipinski definition) is 1. The highest BCUT2D eigenvalue weighted by Crippen LogP contribution is 2.33. The first-order valence-corrected chi connectivity index (χ1v) is 5.26. The molecule has 1 N–H and O–H groups in total. The molecule has 1 rings (SSSR count). The summed E-state index contributed by atoms with van der Waals surface area (Å²) >= 11 is 0. The monoisotopic (exact) mass is 169 g/mol. The Labute approximate surface area is 76.9 Å². The molecule has 0 aromatic rings. The molecule has 1 nitrogen and oxygen atoms in total. The van der Waals surface area contributed by atoms with Gasteiger partial charge < -0.3 is 5.32 Å². The van der Waals surface area contributed by atoms with Crippen LogP contribution < -0.4 is 5.32 Å². The molecule has 72 valence electrons. The molecule has 1 fully saturated rings. The van der Waals surface area contributed by atoms with Crippen molar-refractivity contribution in [2.24, 2.45) is 11.3 Å². The van der Waals surface area contributed by atoms with Gasteiger partial charge in [0.25, 0.3) is 0 Å². The minimum absolute atomic E-state index is 0.516. The number of rotatable bonds is 4. The number of hydrogen-bond acceptors (Lipinski definition) is 1. The van der Waals surface area contributed by atoms with Gasteiger partial charge in [-0.1, -0.05) is 34.1 Å². The highest BCUT2D eigenvalue weighted by molar-refractivity contribution is 4.90. The summed E-state index contributed by atoms with van der Waals surface area (Å²) in [4.78, 5) is 0. The van der Waals surface area contributed by atoms with Crippen molar-refractivity contribution in [2.45, 2.75) is 53.0 Å². The third kappa shape index (κ3) is 2.48. The third-order valence-electron chi connectivity index (χ3n) is 3.13. The largest absolute Gasteiger partial charge is 0.313 e. The van der Waals surface area contributed by atoms with E-state index in [1.807, 2.05) is 0 Å². The first kappa shape index (κ1) is 10.0. The molecule has 12 heavy (non-hydrogen) atoms. The van der Waals surface area contributed by atoms with Crippen molar-refractivity contribution in [3.63, 3.8) is 0 Å². The van der Waals surface area contributed by atoms with Crippen LogP contribution in [-0.2, 0) is 0 Å². The molecule has 1 unspecified atom stereocenters. The summed E-state index contributed by atoms with van der Waals surface area (Å²) in [6, 6.07) is 0.788. The average Bonchev–Trinajstić information content (AvgIpc) is 1.78. The summed E-state index contributed by atoms with van der Waals surface area (Å²) in [5, 5.41) is 3.51. The SMILES string of the molecule is CC(C)CCC(C)(C)C1CCN1. The standard InChI is InChI=1S/C11H23N/c1-9(2)5-7-11(3,4)10-6-8-12-10/h9-10,12H,5-8H2,1-4H3. The molecule has 0 bridgehead atoms. The molecule has 1 aliphatic rings. The van der Waals surface area contributed by atoms with Gasteiger partial charge in [0.2, 0.25) is 0 Å². The van der Waals surface area contributed by atoms with Gasteiger partial charge in [0.15, 0.2) is 0 Å². The zero-order valence-electron chi connectivity index (χ0n) is 8.98. The Bertz CT molecular complexity index is 134. The lowest BCUT2D eigenvalue weighted by atomic mass is 9.75. The van der Waals surface area contributed by atoms with Crippen molar-refractivity contribution in [2.75, 3.05) is 6.54 Å². The van der Waals surface area contributed by atoms with Crippen molar-refractivity contribution in [1.29, 1.82) is 0 Å². The van der Waals surface area contributed by atoms with Crippen LogP contribution in [0.3, 0.4) is 0 Å². The Kier molecular flexibility index (Phi) is 3.16. The minimum Gasteiger partial charge on any atom is -0.313 e. The summed E-state index contributed by atoms with van der Waals surface area (Å²) < 4.78 is 0. The van der Waals surface area contributed by atoms with Gasteiger partial charge in [0, 0.05) is 6.04 Å². The minimum atomic E-state index is 0.516. The lowest BCUT2D eigenvalue weighted by molar-refractivity contribution is 0.151. The Morgan fingerprint density at radius 1 is 1.42 bits per heavy atom. The molecule has 0 radical (unpaired) electrons. The van der Waals surface area contributed by atoms with E-state index in [-0.39, 0.29) is 0 Å². The second-order valence-electron chi connectivity index (χ2n) is 5.22. The van der Waals surface area contributed by atoms with Crippen molar-refractivity contribution in [3.05, 3.63) is 0 Å². The van der Waals surface area contributed by atoms with Crippen molar-refractivity contribution < 1.29 is 0 Å². The summed E-state index contributed by atoms with van der Waals surface area (Å²) in [6.07, 6.45) is 4.11. The van der Waals surface area contributed by atoms with Gasteiger partial charge in [-0.05, 0) is 30.7 Å². The van der Waals surface area contributed by atoms with Gasteiger partial charge in [-0.3, -0.25) is 0 Å². The second kappa shape index (κ2) is 3.78. The topological polar surface area (TPSA) is 12.0 Å². The molecule has 0 saturated carbocycles. The van der Waals surface area contributed by atoms with Gasteiger partial charge in [0.1, 0.15) is 0 Å². The van der Waals surface area contributed by atoms with E-state index < -0.39 is 0 Å². The molecular formula is C11H23N. The summed E-state index contributed by atoms with van der Waals surface area (Å²) in [5.41, 5.74) is 0.516. The molecule has 1 heterocycles. The lowest BCUT2D eigenvalue weighted by Crippen LogP contribution is -2.52. The van der Waals surface area contributed by atoms with Crippen LogP contribution in [-0.4, -0.2) is 12.6 Å². The van der Waals surface area contributed by atoms with Crippen LogP contribution in [0.5, 0.6) is 0 Å². The van der Waals surface area contributed by atoms with Crippen LogP contribution in [0, 0.1) is 11.3 Å². The van der Waals surface area contributed by atoms with E-state index in [1.54, 1.807) is 0 Å². The first-order valence-electron chi connectivity index (χ1n) is 5.26. The molecule has 1 saturated heterocycles. The van der Waals surface area contributed by atoms with Crippen molar-refractivity contribution >= 4 is 0 Å². The molecule has 0 aromatic heterocycles. The summed E-state index contributed by atoms with van der Waals surface area (Å²) in [5.74, 6) is 0.851. The van der Waals surface area contributed by atoms with Crippen molar-refractivity contribution in [3.8, 4) is 0 Å². The third-order valence-corrected chi connectivity index (χ3v) is 3.13. The van der Waals surface area contributed by atoms with Gasteiger partial charge in [-0.2, -0.15) is 0 Å². The van der Waals surface area contributed by atoms with E-state index in [9.17, 15) is 0 Å². The van der Waals surface area contributed by atoms with Gasteiger partial charge in [0.05, 0.1) is 0 Å². The van der Waals surface area contributed by atoms with Gasteiger partial charge >= 0.3 is 0 Å². The molecule has 1 heteroatoms. The van der Waals surface area contributed by atoms with Gasteiger partial charge in [-0.25, -0.2) is 0 Å². The van der Waals surface area contributed by atoms with Crippen LogP contribution in [0.2, 0.25) is 0 Å².